The summed E-state index contributed by atoms with van der Waals surface area (Å²) in [4.78, 5) is 25.2. The van der Waals surface area contributed by atoms with Crippen molar-refractivity contribution in [3.05, 3.63) is 63.6 Å². The summed E-state index contributed by atoms with van der Waals surface area (Å²) in [5.41, 5.74) is 0.732. The molecule has 0 fully saturated rings. The molecular formula is C26H34N2O5Si. The molecule has 0 saturated carbocycles. The summed E-state index contributed by atoms with van der Waals surface area (Å²) in [6.07, 6.45) is 0.974. The molecule has 3 rings (SSSR count). The smallest absolute Gasteiger partial charge is 0.303 e. The Hall–Kier alpha value is -2.89. The lowest BCUT2D eigenvalue weighted by molar-refractivity contribution is -0.163. The molecule has 2 atom stereocenters. The Labute approximate surface area is 202 Å². The van der Waals surface area contributed by atoms with Gasteiger partial charge in [-0.05, 0) is 61.8 Å². The van der Waals surface area contributed by atoms with Crippen LogP contribution in [0.15, 0.2) is 41.3 Å². The summed E-state index contributed by atoms with van der Waals surface area (Å²) in [5, 5.41) is 9.52. The molecule has 34 heavy (non-hydrogen) atoms. The van der Waals surface area contributed by atoms with Gasteiger partial charge in [0.2, 0.25) is 0 Å². The van der Waals surface area contributed by atoms with Crippen LogP contribution >= 0.6 is 0 Å². The first-order valence-electron chi connectivity index (χ1n) is 11.4. The van der Waals surface area contributed by atoms with E-state index in [-0.39, 0.29) is 10.6 Å². The molecular weight excluding hydrogens is 448 g/mol. The van der Waals surface area contributed by atoms with Crippen LogP contribution < -0.4 is 10.3 Å². The minimum atomic E-state index is -2.00. The molecule has 1 aliphatic heterocycles. The fourth-order valence-electron chi connectivity index (χ4n) is 3.84. The zero-order valence-electron chi connectivity index (χ0n) is 21.3. The second-order valence-electron chi connectivity index (χ2n) is 10.9. The molecule has 0 saturated heterocycles. The predicted molar refractivity (Wildman–Crippen MR) is 132 cm³/mol. The number of aromatic nitrogens is 1. The van der Waals surface area contributed by atoms with Crippen molar-refractivity contribution in [1.29, 1.82) is 5.26 Å². The minimum absolute atomic E-state index is 0.0548. The number of carbonyl (C=O) groups excluding carboxylic acids is 1. The Bertz CT molecular complexity index is 1190. The van der Waals surface area contributed by atoms with Crippen molar-refractivity contribution in [3.63, 3.8) is 0 Å². The van der Waals surface area contributed by atoms with Gasteiger partial charge in [-0.1, -0.05) is 20.8 Å². The van der Waals surface area contributed by atoms with E-state index in [4.69, 9.17) is 13.9 Å². The third kappa shape index (κ3) is 5.11. The standard InChI is InChI=1S/C26H34N2O5Si/c1-17(29)32-24-23(20-13-18(14-27)9-11-21(20)33-26(24,5)6)28-15-19(10-12-22(28)30)16-31-34(7,8)25(2,3)4/h9-13,15,23-24H,16H2,1-8H3/t23-,24+/m1/s1. The fourth-order valence-corrected chi connectivity index (χ4v) is 4.80. The largest absolute Gasteiger partial charge is 0.484 e. The van der Waals surface area contributed by atoms with Gasteiger partial charge in [0.25, 0.3) is 5.56 Å². The van der Waals surface area contributed by atoms with Crippen LogP contribution in [0.25, 0.3) is 0 Å². The summed E-state index contributed by atoms with van der Waals surface area (Å²) in [6.45, 7) is 16.2. The third-order valence-corrected chi connectivity index (χ3v) is 11.3. The van der Waals surface area contributed by atoms with Crippen molar-refractivity contribution in [1.82, 2.24) is 4.57 Å². The molecule has 0 amide bonds. The fraction of sp³-hybridized carbons (Fsp3) is 0.500. The number of fused-ring (bicyclic) bond motifs is 1. The van der Waals surface area contributed by atoms with E-state index in [9.17, 15) is 14.9 Å². The average Bonchev–Trinajstić information content (AvgIpc) is 2.72. The molecule has 0 radical (unpaired) electrons. The van der Waals surface area contributed by atoms with E-state index in [0.717, 1.165) is 5.56 Å². The number of carbonyl (C=O) groups is 1. The first-order valence-corrected chi connectivity index (χ1v) is 14.3. The van der Waals surface area contributed by atoms with Crippen LogP contribution in [0.4, 0.5) is 0 Å². The first kappa shape index (κ1) is 25.7. The number of nitriles is 1. The molecule has 7 nitrogen and oxygen atoms in total. The van der Waals surface area contributed by atoms with Crippen LogP contribution in [0.5, 0.6) is 5.75 Å². The normalized spacial score (nSPS) is 19.5. The Morgan fingerprint density at radius 1 is 1.24 bits per heavy atom. The summed E-state index contributed by atoms with van der Waals surface area (Å²) >= 11 is 0. The Morgan fingerprint density at radius 3 is 2.50 bits per heavy atom. The van der Waals surface area contributed by atoms with Crippen LogP contribution in [-0.4, -0.2) is 30.6 Å². The number of esters is 1. The van der Waals surface area contributed by atoms with E-state index in [1.165, 1.54) is 13.0 Å². The topological polar surface area (TPSA) is 90.5 Å². The highest BCUT2D eigenvalue weighted by atomic mass is 28.4. The molecule has 0 bridgehead atoms. The molecule has 0 unspecified atom stereocenters. The maximum absolute atomic E-state index is 13.1. The lowest BCUT2D eigenvalue weighted by atomic mass is 9.85. The Morgan fingerprint density at radius 2 is 1.91 bits per heavy atom. The maximum atomic E-state index is 13.1. The highest BCUT2D eigenvalue weighted by Gasteiger charge is 2.47. The van der Waals surface area contributed by atoms with Gasteiger partial charge in [-0.3, -0.25) is 9.59 Å². The highest BCUT2D eigenvalue weighted by molar-refractivity contribution is 6.74. The number of ether oxygens (including phenoxy) is 2. The monoisotopic (exact) mass is 482 g/mol. The summed E-state index contributed by atoms with van der Waals surface area (Å²) in [5.74, 6) is 0.0734. The van der Waals surface area contributed by atoms with Crippen LogP contribution in [0.1, 0.15) is 64.3 Å². The molecule has 0 N–H and O–H groups in total. The van der Waals surface area contributed by atoms with Crippen LogP contribution in [0, 0.1) is 11.3 Å². The number of pyridine rings is 1. The molecule has 2 heterocycles. The van der Waals surface area contributed by atoms with Crippen molar-refractivity contribution >= 4 is 14.3 Å². The van der Waals surface area contributed by atoms with Gasteiger partial charge in [-0.15, -0.1) is 0 Å². The molecule has 1 aromatic carbocycles. The lowest BCUT2D eigenvalue weighted by Crippen LogP contribution is -2.54. The van der Waals surface area contributed by atoms with E-state index in [1.807, 2.05) is 13.8 Å². The summed E-state index contributed by atoms with van der Waals surface area (Å²) in [6, 6.07) is 9.83. The zero-order chi connectivity index (χ0) is 25.5. The third-order valence-electron chi connectivity index (χ3n) is 6.80. The number of benzene rings is 1. The molecule has 0 aliphatic carbocycles. The van der Waals surface area contributed by atoms with Gasteiger partial charge in [0.1, 0.15) is 17.4 Å². The van der Waals surface area contributed by atoms with E-state index >= 15 is 0 Å². The van der Waals surface area contributed by atoms with Crippen molar-refractivity contribution in [3.8, 4) is 11.8 Å². The van der Waals surface area contributed by atoms with Crippen LogP contribution in [0.2, 0.25) is 18.1 Å². The van der Waals surface area contributed by atoms with Crippen molar-refractivity contribution in [2.75, 3.05) is 0 Å². The highest BCUT2D eigenvalue weighted by Crippen LogP contribution is 2.43. The first-order chi connectivity index (χ1) is 15.7. The second-order valence-corrected chi connectivity index (χ2v) is 15.7. The summed E-state index contributed by atoms with van der Waals surface area (Å²) < 4.78 is 19.8. The van der Waals surface area contributed by atoms with Gasteiger partial charge in [0.15, 0.2) is 14.4 Å². The Kier molecular flexibility index (Phi) is 6.84. The second kappa shape index (κ2) is 9.04. The van der Waals surface area contributed by atoms with E-state index in [0.29, 0.717) is 23.5 Å². The molecule has 2 aromatic rings. The van der Waals surface area contributed by atoms with Gasteiger partial charge >= 0.3 is 5.97 Å². The molecule has 8 heteroatoms. The van der Waals surface area contributed by atoms with E-state index in [2.05, 4.69) is 39.9 Å². The Balaban J connectivity index is 2.13. The van der Waals surface area contributed by atoms with Crippen molar-refractivity contribution < 1.29 is 18.7 Å². The number of nitrogens with zero attached hydrogens (tertiary/aromatic N) is 2. The van der Waals surface area contributed by atoms with Crippen LogP contribution in [0.3, 0.4) is 0 Å². The van der Waals surface area contributed by atoms with Gasteiger partial charge < -0.3 is 18.5 Å². The molecule has 1 aliphatic rings. The van der Waals surface area contributed by atoms with Gasteiger partial charge in [-0.2, -0.15) is 5.26 Å². The van der Waals surface area contributed by atoms with Crippen LogP contribution in [-0.2, 0) is 20.6 Å². The zero-order valence-corrected chi connectivity index (χ0v) is 22.3. The van der Waals surface area contributed by atoms with Gasteiger partial charge in [0.05, 0.1) is 18.2 Å². The lowest BCUT2D eigenvalue weighted by Gasteiger charge is -2.44. The van der Waals surface area contributed by atoms with E-state index < -0.39 is 32.0 Å². The SMILES string of the molecule is CC(=O)O[C@H]1[C@H](n2cc(CO[Si](C)(C)C(C)(C)C)ccc2=O)c2cc(C#N)ccc2OC1(C)C. The number of hydrogen-bond donors (Lipinski definition) is 0. The minimum Gasteiger partial charge on any atom is -0.484 e. The number of hydrogen-bond acceptors (Lipinski definition) is 6. The predicted octanol–water partition coefficient (Wildman–Crippen LogP) is 4.93. The van der Waals surface area contributed by atoms with E-state index in [1.54, 1.807) is 35.0 Å². The maximum Gasteiger partial charge on any atom is 0.303 e. The molecule has 0 spiro atoms. The van der Waals surface area contributed by atoms with Crippen molar-refractivity contribution in [2.45, 2.75) is 84.0 Å². The van der Waals surface area contributed by atoms with Gasteiger partial charge in [0, 0.05) is 24.8 Å². The average molecular weight is 483 g/mol. The quantitative estimate of drug-likeness (QED) is 0.443. The molecule has 1 aromatic heterocycles. The number of rotatable bonds is 5. The molecule has 182 valence electrons. The summed E-state index contributed by atoms with van der Waals surface area (Å²) in [7, 11) is -2.00. The van der Waals surface area contributed by atoms with Gasteiger partial charge in [-0.25, -0.2) is 0 Å². The van der Waals surface area contributed by atoms with Crippen molar-refractivity contribution in [2.24, 2.45) is 0 Å².